The van der Waals surface area contributed by atoms with Gasteiger partial charge in [-0.1, -0.05) is 0 Å². The highest BCUT2D eigenvalue weighted by Gasteiger charge is 2.27. The van der Waals surface area contributed by atoms with Crippen molar-refractivity contribution in [1.82, 2.24) is 9.29 Å². The molecule has 1 aromatic carbocycles. The summed E-state index contributed by atoms with van der Waals surface area (Å²) < 4.78 is 45.9. The normalized spacial score (nSPS) is 20.9. The van der Waals surface area contributed by atoms with Gasteiger partial charge in [0, 0.05) is 42.9 Å². The van der Waals surface area contributed by atoms with Crippen LogP contribution in [0.2, 0.25) is 0 Å². The highest BCUT2D eigenvalue weighted by molar-refractivity contribution is 7.89. The van der Waals surface area contributed by atoms with E-state index < -0.39 is 15.7 Å². The van der Waals surface area contributed by atoms with Gasteiger partial charge in [-0.3, -0.25) is 4.98 Å². The van der Waals surface area contributed by atoms with Gasteiger partial charge in [-0.15, -0.1) is 0 Å². The van der Waals surface area contributed by atoms with Crippen molar-refractivity contribution in [1.29, 1.82) is 4.78 Å². The summed E-state index contributed by atoms with van der Waals surface area (Å²) in [5.41, 5.74) is 0.599. The monoisotopic (exact) mass is 353 g/mol. The van der Waals surface area contributed by atoms with Crippen LogP contribution in [-0.2, 0) is 9.92 Å². The second-order valence-electron chi connectivity index (χ2n) is 5.97. The summed E-state index contributed by atoms with van der Waals surface area (Å²) in [6, 6.07) is 4.61. The van der Waals surface area contributed by atoms with Crippen molar-refractivity contribution in [2.45, 2.75) is 6.42 Å². The van der Waals surface area contributed by atoms with E-state index in [0.717, 1.165) is 6.42 Å². The number of pyridine rings is 1. The van der Waals surface area contributed by atoms with E-state index >= 15 is 0 Å². The Morgan fingerprint density at radius 1 is 1.46 bits per heavy atom. The third kappa shape index (κ3) is 3.44. The van der Waals surface area contributed by atoms with E-state index in [1.165, 1.54) is 19.4 Å². The molecule has 2 atom stereocenters. The number of rotatable bonds is 5. The maximum Gasteiger partial charge on any atom is 0.165 e. The number of halogens is 1. The highest BCUT2D eigenvalue weighted by Crippen LogP contribution is 2.30. The number of aromatic nitrogens is 1. The molecule has 1 saturated heterocycles. The summed E-state index contributed by atoms with van der Waals surface area (Å²) in [6.45, 7) is 1.64. The van der Waals surface area contributed by atoms with Gasteiger partial charge in [-0.2, -0.15) is 0 Å². The van der Waals surface area contributed by atoms with E-state index in [1.54, 1.807) is 22.6 Å². The van der Waals surface area contributed by atoms with Gasteiger partial charge in [0.1, 0.15) is 15.7 Å². The molecule has 24 heavy (non-hydrogen) atoms. The van der Waals surface area contributed by atoms with Crippen LogP contribution >= 0.6 is 0 Å². The smallest absolute Gasteiger partial charge is 0.165 e. The predicted octanol–water partition coefficient (Wildman–Crippen LogP) is 2.67. The Bertz CT molecular complexity index is 857. The number of nitrogens with one attached hydrogen (secondary N) is 1. The van der Waals surface area contributed by atoms with Gasteiger partial charge in [-0.05, 0) is 18.6 Å². The highest BCUT2D eigenvalue weighted by atomic mass is 32.2. The molecule has 3 rings (SSSR count). The number of ether oxygens (including phenoxy) is 2. The number of hydrogen-bond acceptors (Lipinski definition) is 5. The largest absolute Gasteiger partial charge is 0.494 e. The van der Waals surface area contributed by atoms with Crippen molar-refractivity contribution < 1.29 is 18.1 Å². The van der Waals surface area contributed by atoms with Crippen LogP contribution in [0, 0.1) is 16.5 Å². The van der Waals surface area contributed by atoms with E-state index in [-0.39, 0.29) is 11.7 Å². The molecule has 6 nitrogen and oxygen atoms in total. The standard InChI is InChI=1S/C16H20FN3O3S/c1-22-16-8-14-12(7-13(16)17)15(3-5-19-14)23-10-11-4-6-20(9-11)24(2,18)21/h3,5,7-8,11,18H,4,6,9-10H2,1-2H3/t11-,24?/m0/s1. The molecule has 2 heterocycles. The molecular formula is C16H20FN3O3S. The van der Waals surface area contributed by atoms with Crippen LogP contribution in [0.5, 0.6) is 11.5 Å². The lowest BCUT2D eigenvalue weighted by Gasteiger charge is -2.16. The predicted molar refractivity (Wildman–Crippen MR) is 90.2 cm³/mol. The molecule has 130 valence electrons. The van der Waals surface area contributed by atoms with Gasteiger partial charge < -0.3 is 9.47 Å². The summed E-state index contributed by atoms with van der Waals surface area (Å²) in [6.07, 6.45) is 3.87. The molecule has 1 aliphatic heterocycles. The summed E-state index contributed by atoms with van der Waals surface area (Å²) in [5.74, 6) is 0.437. The van der Waals surface area contributed by atoms with E-state index in [4.69, 9.17) is 14.3 Å². The lowest BCUT2D eigenvalue weighted by molar-refractivity contribution is 0.258. The van der Waals surface area contributed by atoms with Crippen LogP contribution in [0.25, 0.3) is 10.9 Å². The molecule has 0 radical (unpaired) electrons. The van der Waals surface area contributed by atoms with Crippen molar-refractivity contribution >= 4 is 20.8 Å². The lowest BCUT2D eigenvalue weighted by atomic mass is 10.1. The zero-order valence-electron chi connectivity index (χ0n) is 13.6. The Labute approximate surface area is 140 Å². The molecule has 0 aliphatic carbocycles. The van der Waals surface area contributed by atoms with Crippen LogP contribution in [0.1, 0.15) is 6.42 Å². The maximum atomic E-state index is 14.0. The van der Waals surface area contributed by atoms with Crippen molar-refractivity contribution in [3.8, 4) is 11.5 Å². The minimum Gasteiger partial charge on any atom is -0.494 e. The first-order valence-electron chi connectivity index (χ1n) is 7.62. The topological polar surface area (TPSA) is 75.5 Å². The maximum absolute atomic E-state index is 14.0. The van der Waals surface area contributed by atoms with Gasteiger partial charge in [0.25, 0.3) is 0 Å². The fourth-order valence-corrected chi connectivity index (χ4v) is 3.81. The van der Waals surface area contributed by atoms with Crippen LogP contribution < -0.4 is 9.47 Å². The zero-order valence-corrected chi connectivity index (χ0v) is 14.4. The van der Waals surface area contributed by atoms with E-state index in [0.29, 0.717) is 36.3 Å². The molecule has 2 aromatic rings. The molecule has 0 amide bonds. The molecule has 1 N–H and O–H groups in total. The van der Waals surface area contributed by atoms with Crippen molar-refractivity contribution in [3.63, 3.8) is 0 Å². The second kappa shape index (κ2) is 6.52. The molecule has 1 aromatic heterocycles. The van der Waals surface area contributed by atoms with Gasteiger partial charge in [-0.25, -0.2) is 17.7 Å². The quantitative estimate of drug-likeness (QED) is 0.897. The molecule has 1 aliphatic rings. The summed E-state index contributed by atoms with van der Waals surface area (Å²) in [4.78, 5) is 4.22. The number of hydrogen-bond donors (Lipinski definition) is 1. The zero-order chi connectivity index (χ0) is 17.3. The average molecular weight is 353 g/mol. The Hall–Kier alpha value is -1.93. The van der Waals surface area contributed by atoms with Crippen LogP contribution in [0.3, 0.4) is 0 Å². The average Bonchev–Trinajstić information content (AvgIpc) is 3.01. The fraction of sp³-hybridized carbons (Fsp3) is 0.438. The Morgan fingerprint density at radius 2 is 2.25 bits per heavy atom. The number of fused-ring (bicyclic) bond motifs is 1. The number of methoxy groups -OCH3 is 1. The van der Waals surface area contributed by atoms with Crippen LogP contribution in [-0.4, -0.2) is 46.6 Å². The summed E-state index contributed by atoms with van der Waals surface area (Å²) in [7, 11) is -1.25. The SMILES string of the molecule is COc1cc2nccc(OC[C@H]3CCN(S(C)(=N)=O)C3)c2cc1F. The van der Waals surface area contributed by atoms with Crippen molar-refractivity contribution in [2.24, 2.45) is 5.92 Å². The Morgan fingerprint density at radius 3 is 2.92 bits per heavy atom. The summed E-state index contributed by atoms with van der Waals surface area (Å²) in [5, 5.41) is 0.588. The third-order valence-electron chi connectivity index (χ3n) is 4.19. The van der Waals surface area contributed by atoms with Gasteiger partial charge >= 0.3 is 0 Å². The summed E-state index contributed by atoms with van der Waals surface area (Å²) >= 11 is 0. The van der Waals surface area contributed by atoms with Gasteiger partial charge in [0.15, 0.2) is 11.6 Å². The molecular weight excluding hydrogens is 333 g/mol. The molecule has 0 bridgehead atoms. The molecule has 0 spiro atoms. The third-order valence-corrected chi connectivity index (χ3v) is 5.51. The van der Waals surface area contributed by atoms with Gasteiger partial charge in [0.05, 0.1) is 19.2 Å². The van der Waals surface area contributed by atoms with E-state index in [2.05, 4.69) is 4.98 Å². The second-order valence-corrected chi connectivity index (χ2v) is 8.09. The Balaban J connectivity index is 1.75. The molecule has 1 fully saturated rings. The molecule has 8 heteroatoms. The molecule has 0 saturated carbocycles. The van der Waals surface area contributed by atoms with Gasteiger partial charge in [0.2, 0.25) is 0 Å². The Kier molecular flexibility index (Phi) is 4.60. The van der Waals surface area contributed by atoms with Crippen molar-refractivity contribution in [2.75, 3.05) is 33.1 Å². The fourth-order valence-electron chi connectivity index (χ4n) is 2.86. The first kappa shape index (κ1) is 16.9. The molecule has 1 unspecified atom stereocenters. The van der Waals surface area contributed by atoms with E-state index in [9.17, 15) is 8.60 Å². The lowest BCUT2D eigenvalue weighted by Crippen LogP contribution is -2.27. The number of nitrogens with zero attached hydrogens (tertiary/aromatic N) is 2. The first-order valence-corrected chi connectivity index (χ1v) is 9.54. The first-order chi connectivity index (χ1) is 11.4. The minimum absolute atomic E-state index is 0.145. The van der Waals surface area contributed by atoms with Crippen LogP contribution in [0.4, 0.5) is 4.39 Å². The number of benzene rings is 1. The van der Waals surface area contributed by atoms with E-state index in [1.807, 2.05) is 0 Å². The van der Waals surface area contributed by atoms with Crippen molar-refractivity contribution in [3.05, 3.63) is 30.2 Å². The van der Waals surface area contributed by atoms with Crippen LogP contribution in [0.15, 0.2) is 24.4 Å². The minimum atomic E-state index is -2.66.